The minimum atomic E-state index is 0.758. The third kappa shape index (κ3) is 1.81. The van der Waals surface area contributed by atoms with Gasteiger partial charge in [-0.1, -0.05) is 25.5 Å². The first-order valence-corrected chi connectivity index (χ1v) is 6.14. The number of para-hydroxylation sites is 1. The van der Waals surface area contributed by atoms with Gasteiger partial charge in [-0.15, -0.1) is 0 Å². The zero-order valence-electron chi connectivity index (χ0n) is 8.52. The van der Waals surface area contributed by atoms with Gasteiger partial charge in [-0.3, -0.25) is 0 Å². The fourth-order valence-corrected chi connectivity index (χ4v) is 2.76. The quantitative estimate of drug-likeness (QED) is 0.836. The first-order valence-electron chi connectivity index (χ1n) is 5.35. The molecule has 1 aromatic rings. The van der Waals surface area contributed by atoms with Crippen molar-refractivity contribution in [1.82, 2.24) is 0 Å². The van der Waals surface area contributed by atoms with Crippen LogP contribution in [0.4, 0.5) is 5.69 Å². The Kier molecular flexibility index (Phi) is 3.12. The molecule has 1 atom stereocenters. The smallest absolute Gasteiger partial charge is 0.0520 e. The van der Waals surface area contributed by atoms with Crippen molar-refractivity contribution in [2.75, 3.05) is 11.9 Å². The molecule has 1 nitrogen and oxygen atoms in total. The summed E-state index contributed by atoms with van der Waals surface area (Å²) < 4.78 is 1.20. The second-order valence-electron chi connectivity index (χ2n) is 3.91. The van der Waals surface area contributed by atoms with Crippen LogP contribution in [-0.4, -0.2) is 6.54 Å². The molecule has 0 spiro atoms. The number of rotatable bonds is 2. The third-order valence-corrected chi connectivity index (χ3v) is 3.58. The Morgan fingerprint density at radius 1 is 1.50 bits per heavy atom. The van der Waals surface area contributed by atoms with E-state index in [0.29, 0.717) is 0 Å². The van der Waals surface area contributed by atoms with Crippen LogP contribution < -0.4 is 5.32 Å². The van der Waals surface area contributed by atoms with Crippen LogP contribution in [0.2, 0.25) is 0 Å². The lowest BCUT2D eigenvalue weighted by Crippen LogP contribution is -2.17. The Labute approximate surface area is 94.0 Å². The summed E-state index contributed by atoms with van der Waals surface area (Å²) in [6.45, 7) is 3.37. The molecule has 1 aliphatic rings. The van der Waals surface area contributed by atoms with Crippen LogP contribution in [0.5, 0.6) is 0 Å². The average Bonchev–Trinajstić information content (AvgIpc) is 2.20. The molecule has 14 heavy (non-hydrogen) atoms. The van der Waals surface area contributed by atoms with E-state index in [1.807, 2.05) is 0 Å². The van der Waals surface area contributed by atoms with Crippen molar-refractivity contribution in [3.8, 4) is 0 Å². The number of hydrogen-bond donors (Lipinski definition) is 1. The summed E-state index contributed by atoms with van der Waals surface area (Å²) in [4.78, 5) is 0. The second kappa shape index (κ2) is 4.35. The van der Waals surface area contributed by atoms with E-state index in [1.165, 1.54) is 35.0 Å². The lowest BCUT2D eigenvalue weighted by Gasteiger charge is -2.27. The van der Waals surface area contributed by atoms with Crippen LogP contribution in [0.1, 0.15) is 37.7 Å². The minimum absolute atomic E-state index is 0.758. The molecule has 0 amide bonds. The lowest BCUT2D eigenvalue weighted by molar-refractivity contribution is 0.570. The predicted octanol–water partition coefficient (Wildman–Crippen LogP) is 4.15. The van der Waals surface area contributed by atoms with E-state index in [9.17, 15) is 0 Å². The molecule has 2 rings (SSSR count). The Balaban J connectivity index is 2.34. The standard InChI is InChI=1S/C12H16BrN/c1-2-4-9-7-8-14-12-10(9)5-3-6-11(12)13/h3,5-6,9,14H,2,4,7-8H2,1H3. The molecule has 0 fully saturated rings. The molecule has 2 heteroatoms. The van der Waals surface area contributed by atoms with Gasteiger partial charge in [0, 0.05) is 11.0 Å². The van der Waals surface area contributed by atoms with Gasteiger partial charge in [0.15, 0.2) is 0 Å². The van der Waals surface area contributed by atoms with E-state index in [0.717, 1.165) is 12.5 Å². The largest absolute Gasteiger partial charge is 0.384 e. The van der Waals surface area contributed by atoms with Crippen molar-refractivity contribution in [1.29, 1.82) is 0 Å². The monoisotopic (exact) mass is 253 g/mol. The molecule has 0 aromatic heterocycles. The first-order chi connectivity index (χ1) is 6.83. The molecule has 1 unspecified atom stereocenters. The summed E-state index contributed by atoms with van der Waals surface area (Å²) in [5, 5.41) is 3.47. The van der Waals surface area contributed by atoms with Gasteiger partial charge in [-0.2, -0.15) is 0 Å². The predicted molar refractivity (Wildman–Crippen MR) is 64.9 cm³/mol. The van der Waals surface area contributed by atoms with Gasteiger partial charge >= 0.3 is 0 Å². The molecule has 0 aliphatic carbocycles. The number of hydrogen-bond acceptors (Lipinski definition) is 1. The Morgan fingerprint density at radius 2 is 2.36 bits per heavy atom. The van der Waals surface area contributed by atoms with Gasteiger partial charge in [0.2, 0.25) is 0 Å². The molecule has 1 aromatic carbocycles. The van der Waals surface area contributed by atoms with E-state index in [2.05, 4.69) is 46.4 Å². The van der Waals surface area contributed by atoms with Gasteiger partial charge in [0.05, 0.1) is 5.69 Å². The normalized spacial score (nSPS) is 20.0. The zero-order valence-corrected chi connectivity index (χ0v) is 10.1. The maximum absolute atomic E-state index is 3.60. The Hall–Kier alpha value is -0.500. The maximum Gasteiger partial charge on any atom is 0.0520 e. The number of nitrogens with one attached hydrogen (secondary N) is 1. The third-order valence-electron chi connectivity index (χ3n) is 2.92. The lowest BCUT2D eigenvalue weighted by atomic mass is 9.88. The van der Waals surface area contributed by atoms with E-state index >= 15 is 0 Å². The van der Waals surface area contributed by atoms with Crippen molar-refractivity contribution < 1.29 is 0 Å². The molecule has 76 valence electrons. The number of halogens is 1. The molecule has 1 heterocycles. The van der Waals surface area contributed by atoms with E-state index < -0.39 is 0 Å². The molecular weight excluding hydrogens is 238 g/mol. The van der Waals surface area contributed by atoms with E-state index in [-0.39, 0.29) is 0 Å². The van der Waals surface area contributed by atoms with Crippen LogP contribution in [0, 0.1) is 0 Å². The Morgan fingerprint density at radius 3 is 3.14 bits per heavy atom. The summed E-state index contributed by atoms with van der Waals surface area (Å²) in [5.41, 5.74) is 2.81. The summed E-state index contributed by atoms with van der Waals surface area (Å²) >= 11 is 3.60. The summed E-state index contributed by atoms with van der Waals surface area (Å²) in [5.74, 6) is 0.758. The summed E-state index contributed by atoms with van der Waals surface area (Å²) in [7, 11) is 0. The fourth-order valence-electron chi connectivity index (χ4n) is 2.24. The van der Waals surface area contributed by atoms with Crippen molar-refractivity contribution in [2.24, 2.45) is 0 Å². The van der Waals surface area contributed by atoms with Gasteiger partial charge in [0.1, 0.15) is 0 Å². The van der Waals surface area contributed by atoms with Crippen LogP contribution in [0.3, 0.4) is 0 Å². The average molecular weight is 254 g/mol. The van der Waals surface area contributed by atoms with Crippen LogP contribution in [0.25, 0.3) is 0 Å². The highest BCUT2D eigenvalue weighted by atomic mass is 79.9. The molecule has 0 saturated carbocycles. The molecule has 0 saturated heterocycles. The highest BCUT2D eigenvalue weighted by molar-refractivity contribution is 9.10. The van der Waals surface area contributed by atoms with Gasteiger partial charge in [-0.25, -0.2) is 0 Å². The van der Waals surface area contributed by atoms with Crippen LogP contribution >= 0.6 is 15.9 Å². The summed E-state index contributed by atoms with van der Waals surface area (Å²) in [6.07, 6.45) is 3.86. The minimum Gasteiger partial charge on any atom is -0.384 e. The highest BCUT2D eigenvalue weighted by Gasteiger charge is 2.20. The second-order valence-corrected chi connectivity index (χ2v) is 4.76. The molecule has 0 bridgehead atoms. The van der Waals surface area contributed by atoms with Gasteiger partial charge in [-0.05, 0) is 46.3 Å². The van der Waals surface area contributed by atoms with Crippen molar-refractivity contribution in [3.63, 3.8) is 0 Å². The van der Waals surface area contributed by atoms with Crippen LogP contribution in [0.15, 0.2) is 22.7 Å². The highest BCUT2D eigenvalue weighted by Crippen LogP contribution is 2.38. The molecular formula is C12H16BrN. The van der Waals surface area contributed by atoms with Crippen LogP contribution in [-0.2, 0) is 0 Å². The maximum atomic E-state index is 3.60. The summed E-state index contributed by atoms with van der Waals surface area (Å²) in [6, 6.07) is 6.51. The number of anilines is 1. The van der Waals surface area contributed by atoms with E-state index in [4.69, 9.17) is 0 Å². The van der Waals surface area contributed by atoms with E-state index in [1.54, 1.807) is 0 Å². The SMILES string of the molecule is CCCC1CCNc2c(Br)cccc21. The first kappa shape index (κ1) is 10.0. The number of benzene rings is 1. The number of fused-ring (bicyclic) bond motifs is 1. The molecule has 1 aliphatic heterocycles. The fraction of sp³-hybridized carbons (Fsp3) is 0.500. The van der Waals surface area contributed by atoms with Gasteiger partial charge < -0.3 is 5.32 Å². The van der Waals surface area contributed by atoms with Crippen molar-refractivity contribution >= 4 is 21.6 Å². The van der Waals surface area contributed by atoms with Crippen molar-refractivity contribution in [2.45, 2.75) is 32.1 Å². The van der Waals surface area contributed by atoms with Crippen molar-refractivity contribution in [3.05, 3.63) is 28.2 Å². The topological polar surface area (TPSA) is 12.0 Å². The molecule has 0 radical (unpaired) electrons. The van der Waals surface area contributed by atoms with Gasteiger partial charge in [0.25, 0.3) is 0 Å². The molecule has 1 N–H and O–H groups in total. The Bertz CT molecular complexity index is 322. The zero-order chi connectivity index (χ0) is 9.97.